The SMILES string of the molecule is C=C1C(C)=CC=CN1CC1(c2ccc(-c3ccc(F)cc3)cc2)NC(=O)NC1=C. The van der Waals surface area contributed by atoms with E-state index < -0.39 is 5.54 Å². The van der Waals surface area contributed by atoms with Gasteiger partial charge in [0.2, 0.25) is 0 Å². The lowest BCUT2D eigenvalue weighted by atomic mass is 9.86. The van der Waals surface area contributed by atoms with Crippen molar-refractivity contribution in [1.82, 2.24) is 15.5 Å². The minimum atomic E-state index is -0.802. The van der Waals surface area contributed by atoms with E-state index in [-0.39, 0.29) is 11.8 Å². The van der Waals surface area contributed by atoms with Crippen molar-refractivity contribution >= 4 is 6.03 Å². The first-order chi connectivity index (χ1) is 13.9. The fourth-order valence-corrected chi connectivity index (χ4v) is 3.71. The summed E-state index contributed by atoms with van der Waals surface area (Å²) in [6, 6.07) is 14.0. The van der Waals surface area contributed by atoms with Crippen LogP contribution < -0.4 is 10.6 Å². The molecule has 2 aliphatic heterocycles. The summed E-state index contributed by atoms with van der Waals surface area (Å²) >= 11 is 0. The van der Waals surface area contributed by atoms with E-state index in [1.165, 1.54) is 12.1 Å². The third-order valence-corrected chi connectivity index (χ3v) is 5.48. The minimum Gasteiger partial charge on any atom is -0.345 e. The van der Waals surface area contributed by atoms with Crippen molar-refractivity contribution < 1.29 is 9.18 Å². The molecule has 2 heterocycles. The number of carbonyl (C=O) groups excluding carboxylic acids is 1. The average molecular weight is 387 g/mol. The molecule has 1 saturated heterocycles. The summed E-state index contributed by atoms with van der Waals surface area (Å²) in [6.45, 7) is 10.7. The van der Waals surface area contributed by atoms with Crippen molar-refractivity contribution in [3.8, 4) is 11.1 Å². The molecule has 1 atom stereocenters. The number of rotatable bonds is 4. The van der Waals surface area contributed by atoms with Crippen molar-refractivity contribution in [2.24, 2.45) is 0 Å². The standard InChI is InChI=1S/C24H22FN3O/c1-16-5-4-14-28(17(16)2)15-24(18(3)26-23(29)27-24)21-10-6-19(7-11-21)20-8-12-22(25)13-9-20/h4-14H,2-3,15H2,1H3,(H2,26,27,29). The molecule has 29 heavy (non-hydrogen) atoms. The Morgan fingerprint density at radius 1 is 1.03 bits per heavy atom. The largest absolute Gasteiger partial charge is 0.345 e. The second-order valence-electron chi connectivity index (χ2n) is 7.31. The van der Waals surface area contributed by atoms with Crippen LogP contribution in [0.15, 0.2) is 97.0 Å². The molecule has 5 heteroatoms. The number of hydrogen-bond acceptors (Lipinski definition) is 2. The number of allylic oxidation sites excluding steroid dienone is 3. The Balaban J connectivity index is 1.69. The van der Waals surface area contributed by atoms with Gasteiger partial charge in [-0.05, 0) is 47.4 Å². The van der Waals surface area contributed by atoms with E-state index in [2.05, 4.69) is 23.8 Å². The van der Waals surface area contributed by atoms with Crippen LogP contribution in [0.3, 0.4) is 0 Å². The van der Waals surface area contributed by atoms with Gasteiger partial charge in [-0.2, -0.15) is 0 Å². The van der Waals surface area contributed by atoms with Crippen LogP contribution in [0.2, 0.25) is 0 Å². The summed E-state index contributed by atoms with van der Waals surface area (Å²) in [5.41, 5.74) is 4.52. The summed E-state index contributed by atoms with van der Waals surface area (Å²) in [5.74, 6) is -0.264. The second-order valence-corrected chi connectivity index (χ2v) is 7.31. The number of hydrogen-bond donors (Lipinski definition) is 2. The molecule has 0 spiro atoms. The quantitative estimate of drug-likeness (QED) is 0.791. The minimum absolute atomic E-state index is 0.264. The normalized spacial score (nSPS) is 21.1. The molecule has 2 amide bonds. The number of nitrogens with zero attached hydrogens (tertiary/aromatic N) is 1. The molecular formula is C24H22FN3O. The number of halogens is 1. The molecule has 2 aromatic rings. The summed E-state index contributed by atoms with van der Waals surface area (Å²) in [5, 5.41) is 5.84. The maximum absolute atomic E-state index is 13.2. The van der Waals surface area contributed by atoms with Gasteiger partial charge in [-0.15, -0.1) is 0 Å². The molecule has 0 saturated carbocycles. The summed E-state index contributed by atoms with van der Waals surface area (Å²) in [4.78, 5) is 14.2. The molecule has 4 nitrogen and oxygen atoms in total. The Morgan fingerprint density at radius 2 is 1.66 bits per heavy atom. The smallest absolute Gasteiger partial charge is 0.320 e. The fourth-order valence-electron chi connectivity index (χ4n) is 3.71. The molecule has 0 bridgehead atoms. The molecule has 2 aromatic carbocycles. The number of carbonyl (C=O) groups is 1. The van der Waals surface area contributed by atoms with Gasteiger partial charge in [-0.25, -0.2) is 9.18 Å². The lowest BCUT2D eigenvalue weighted by Crippen LogP contribution is -2.47. The van der Waals surface area contributed by atoms with Crippen LogP contribution in [0.5, 0.6) is 0 Å². The molecule has 0 aliphatic carbocycles. The van der Waals surface area contributed by atoms with Crippen molar-refractivity contribution in [2.45, 2.75) is 12.5 Å². The number of amides is 2. The van der Waals surface area contributed by atoms with Crippen LogP contribution in [-0.2, 0) is 5.54 Å². The maximum atomic E-state index is 13.2. The van der Waals surface area contributed by atoms with Crippen molar-refractivity contribution in [2.75, 3.05) is 6.54 Å². The van der Waals surface area contributed by atoms with Crippen molar-refractivity contribution in [3.63, 3.8) is 0 Å². The predicted molar refractivity (Wildman–Crippen MR) is 113 cm³/mol. The predicted octanol–water partition coefficient (Wildman–Crippen LogP) is 4.80. The molecule has 0 aromatic heterocycles. The number of benzene rings is 2. The van der Waals surface area contributed by atoms with Gasteiger partial charge in [0.05, 0.1) is 6.54 Å². The topological polar surface area (TPSA) is 44.4 Å². The van der Waals surface area contributed by atoms with Crippen molar-refractivity contribution in [3.05, 3.63) is 108 Å². The second kappa shape index (κ2) is 7.09. The molecule has 4 rings (SSSR count). The Morgan fingerprint density at radius 3 is 2.24 bits per heavy atom. The maximum Gasteiger partial charge on any atom is 0.320 e. The number of nitrogens with one attached hydrogen (secondary N) is 2. The zero-order chi connectivity index (χ0) is 20.6. The number of urea groups is 1. The Labute approximate surface area is 169 Å². The van der Waals surface area contributed by atoms with Gasteiger partial charge in [-0.1, -0.05) is 55.6 Å². The zero-order valence-electron chi connectivity index (χ0n) is 16.2. The van der Waals surface area contributed by atoms with Gasteiger partial charge < -0.3 is 15.5 Å². The van der Waals surface area contributed by atoms with Crippen LogP contribution in [-0.4, -0.2) is 17.5 Å². The summed E-state index contributed by atoms with van der Waals surface area (Å²) in [6.07, 6.45) is 5.91. The Hall–Kier alpha value is -3.60. The van der Waals surface area contributed by atoms with E-state index >= 15 is 0 Å². The third-order valence-electron chi connectivity index (χ3n) is 5.48. The van der Waals surface area contributed by atoms with Crippen LogP contribution >= 0.6 is 0 Å². The Kier molecular flexibility index (Phi) is 4.59. The van der Waals surface area contributed by atoms with Gasteiger partial charge in [0.15, 0.2) is 0 Å². The summed E-state index contributed by atoms with van der Waals surface area (Å²) < 4.78 is 13.2. The molecule has 1 unspecified atom stereocenters. The van der Waals surface area contributed by atoms with E-state index in [4.69, 9.17) is 0 Å². The lowest BCUT2D eigenvalue weighted by molar-refractivity contribution is 0.240. The lowest BCUT2D eigenvalue weighted by Gasteiger charge is -2.37. The molecule has 146 valence electrons. The van der Waals surface area contributed by atoms with Crippen LogP contribution in [0.1, 0.15) is 12.5 Å². The average Bonchev–Trinajstić information content (AvgIpc) is 3.00. The van der Waals surface area contributed by atoms with E-state index in [9.17, 15) is 9.18 Å². The summed E-state index contributed by atoms with van der Waals surface area (Å²) in [7, 11) is 0. The highest BCUT2D eigenvalue weighted by atomic mass is 19.1. The first-order valence-corrected chi connectivity index (χ1v) is 9.35. The van der Waals surface area contributed by atoms with E-state index in [1.54, 1.807) is 12.1 Å². The van der Waals surface area contributed by atoms with Crippen LogP contribution in [0, 0.1) is 5.82 Å². The first kappa shape index (κ1) is 18.7. The van der Waals surface area contributed by atoms with Gasteiger partial charge in [-0.3, -0.25) is 0 Å². The van der Waals surface area contributed by atoms with E-state index in [0.717, 1.165) is 28.0 Å². The molecule has 2 N–H and O–H groups in total. The molecule has 0 radical (unpaired) electrons. The fraction of sp³-hybridized carbons (Fsp3) is 0.125. The van der Waals surface area contributed by atoms with Crippen molar-refractivity contribution in [1.29, 1.82) is 0 Å². The molecule has 2 aliphatic rings. The van der Waals surface area contributed by atoms with Gasteiger partial charge >= 0.3 is 6.03 Å². The highest BCUT2D eigenvalue weighted by Crippen LogP contribution is 2.35. The van der Waals surface area contributed by atoms with Crippen LogP contribution in [0.4, 0.5) is 9.18 Å². The van der Waals surface area contributed by atoms with Gasteiger partial charge in [0, 0.05) is 17.6 Å². The van der Waals surface area contributed by atoms with Crippen LogP contribution in [0.25, 0.3) is 11.1 Å². The Bertz CT molecular complexity index is 1050. The highest BCUT2D eigenvalue weighted by molar-refractivity contribution is 5.82. The monoisotopic (exact) mass is 387 g/mol. The van der Waals surface area contributed by atoms with Gasteiger partial charge in [0.25, 0.3) is 0 Å². The van der Waals surface area contributed by atoms with E-state index in [1.807, 2.05) is 54.4 Å². The molecule has 1 fully saturated rings. The zero-order valence-corrected chi connectivity index (χ0v) is 16.2. The van der Waals surface area contributed by atoms with E-state index in [0.29, 0.717) is 12.2 Å². The third kappa shape index (κ3) is 3.36. The first-order valence-electron chi connectivity index (χ1n) is 9.35. The molecular weight excluding hydrogens is 365 g/mol. The highest BCUT2D eigenvalue weighted by Gasteiger charge is 2.44. The van der Waals surface area contributed by atoms with Gasteiger partial charge in [0.1, 0.15) is 11.4 Å².